The minimum Gasteiger partial charge on any atom is -0.495 e. The fraction of sp³-hybridized carbons (Fsp3) is 0.533. The van der Waals surface area contributed by atoms with Crippen LogP contribution in [-0.4, -0.2) is 48.8 Å². The number of aliphatic hydroxyl groups is 1. The summed E-state index contributed by atoms with van der Waals surface area (Å²) in [6, 6.07) is 4.88. The molecule has 1 aromatic carbocycles. The molecule has 0 saturated carbocycles. The van der Waals surface area contributed by atoms with E-state index in [-0.39, 0.29) is 24.5 Å². The zero-order valence-corrected chi connectivity index (χ0v) is 12.5. The number of nitrogens with one attached hydrogen (secondary N) is 1. The summed E-state index contributed by atoms with van der Waals surface area (Å²) >= 11 is 0. The molecule has 6 nitrogen and oxygen atoms in total. The molecule has 116 valence electrons. The van der Waals surface area contributed by atoms with Crippen LogP contribution in [0.2, 0.25) is 0 Å². The van der Waals surface area contributed by atoms with Gasteiger partial charge in [0.15, 0.2) is 0 Å². The van der Waals surface area contributed by atoms with Crippen molar-refractivity contribution in [2.45, 2.75) is 19.4 Å². The topological polar surface area (TPSA) is 87.8 Å². The molecule has 0 radical (unpaired) electrons. The first-order valence-electron chi connectivity index (χ1n) is 7.14. The maximum Gasteiger partial charge on any atom is 0.241 e. The smallest absolute Gasteiger partial charge is 0.241 e. The van der Waals surface area contributed by atoms with Crippen LogP contribution in [0.5, 0.6) is 5.75 Å². The highest BCUT2D eigenvalue weighted by molar-refractivity contribution is 5.96. The van der Waals surface area contributed by atoms with Crippen molar-refractivity contribution in [3.8, 4) is 5.75 Å². The van der Waals surface area contributed by atoms with Gasteiger partial charge in [0.05, 0.1) is 18.8 Å². The lowest BCUT2D eigenvalue weighted by Crippen LogP contribution is -2.40. The summed E-state index contributed by atoms with van der Waals surface area (Å²) in [6.07, 6.45) is 0.926. The van der Waals surface area contributed by atoms with Crippen molar-refractivity contribution in [2.24, 2.45) is 5.92 Å². The molecule has 2 atom stereocenters. The number of ether oxygens (including phenoxy) is 1. The van der Waals surface area contributed by atoms with Crippen molar-refractivity contribution >= 4 is 17.3 Å². The molecule has 6 heteroatoms. The molecule has 21 heavy (non-hydrogen) atoms. The molecule has 0 aromatic heterocycles. The number of methoxy groups -OCH3 is 1. The molecule has 0 spiro atoms. The van der Waals surface area contributed by atoms with Crippen molar-refractivity contribution in [2.75, 3.05) is 37.9 Å². The van der Waals surface area contributed by atoms with E-state index in [0.29, 0.717) is 17.1 Å². The van der Waals surface area contributed by atoms with Crippen LogP contribution in [0.4, 0.5) is 11.4 Å². The number of anilines is 2. The summed E-state index contributed by atoms with van der Waals surface area (Å²) in [5, 5.41) is 12.0. The Balaban J connectivity index is 2.02. The van der Waals surface area contributed by atoms with Gasteiger partial charge in [0.25, 0.3) is 0 Å². The summed E-state index contributed by atoms with van der Waals surface area (Å²) in [5.74, 6) is 0.749. The Morgan fingerprint density at radius 3 is 3.00 bits per heavy atom. The van der Waals surface area contributed by atoms with Gasteiger partial charge in [-0.1, -0.05) is 0 Å². The van der Waals surface area contributed by atoms with Crippen molar-refractivity contribution in [1.82, 2.24) is 4.90 Å². The fourth-order valence-corrected chi connectivity index (χ4v) is 2.59. The number of hydrogen-bond donors (Lipinski definition) is 3. The monoisotopic (exact) mass is 293 g/mol. The Hall–Kier alpha value is -1.79. The largest absolute Gasteiger partial charge is 0.495 e. The van der Waals surface area contributed by atoms with Gasteiger partial charge in [-0.3, -0.25) is 9.69 Å². The van der Waals surface area contributed by atoms with Crippen LogP contribution in [0.25, 0.3) is 0 Å². The van der Waals surface area contributed by atoms with Crippen LogP contribution in [0, 0.1) is 5.92 Å². The summed E-state index contributed by atoms with van der Waals surface area (Å²) in [6.45, 7) is 3.62. The molecule has 4 N–H and O–H groups in total. The van der Waals surface area contributed by atoms with Crippen LogP contribution in [-0.2, 0) is 4.79 Å². The normalized spacial score (nSPS) is 20.2. The summed E-state index contributed by atoms with van der Waals surface area (Å²) in [4.78, 5) is 14.4. The lowest BCUT2D eigenvalue weighted by molar-refractivity contribution is -0.120. The Bertz CT molecular complexity index is 507. The third-order valence-electron chi connectivity index (χ3n) is 3.98. The second-order valence-electron chi connectivity index (χ2n) is 5.46. The minimum absolute atomic E-state index is 0.0995. The molecule has 1 amide bonds. The molecule has 0 aliphatic carbocycles. The van der Waals surface area contributed by atoms with Crippen molar-refractivity contribution in [3.63, 3.8) is 0 Å². The van der Waals surface area contributed by atoms with Gasteiger partial charge in [-0.05, 0) is 44.0 Å². The van der Waals surface area contributed by atoms with Gasteiger partial charge < -0.3 is 20.9 Å². The molecule has 1 aliphatic rings. The number of amides is 1. The van der Waals surface area contributed by atoms with Crippen molar-refractivity contribution in [3.05, 3.63) is 18.2 Å². The molecule has 1 saturated heterocycles. The zero-order valence-electron chi connectivity index (χ0n) is 12.5. The number of nitrogens with zero attached hydrogens (tertiary/aromatic N) is 1. The molecule has 1 fully saturated rings. The number of nitrogen functional groups attached to an aromatic ring is 1. The SMILES string of the molecule is COc1ccc(N)cc1NC(=O)C(C)N1CCC(CO)C1. The first-order valence-corrected chi connectivity index (χ1v) is 7.14. The van der Waals surface area contributed by atoms with Crippen LogP contribution >= 0.6 is 0 Å². The Morgan fingerprint density at radius 1 is 1.62 bits per heavy atom. The van der Waals surface area contributed by atoms with Crippen LogP contribution in [0.15, 0.2) is 18.2 Å². The second-order valence-corrected chi connectivity index (χ2v) is 5.46. The number of benzene rings is 1. The third-order valence-corrected chi connectivity index (χ3v) is 3.98. The maximum absolute atomic E-state index is 12.4. The number of nitrogens with two attached hydrogens (primary N) is 1. The molecular formula is C15H23N3O3. The maximum atomic E-state index is 12.4. The van der Waals surface area contributed by atoms with Crippen molar-refractivity contribution in [1.29, 1.82) is 0 Å². The van der Waals surface area contributed by atoms with E-state index >= 15 is 0 Å². The number of carbonyl (C=O) groups is 1. The molecular weight excluding hydrogens is 270 g/mol. The lowest BCUT2D eigenvalue weighted by atomic mass is 10.1. The molecule has 1 aliphatic heterocycles. The lowest BCUT2D eigenvalue weighted by Gasteiger charge is -2.23. The van der Waals surface area contributed by atoms with Gasteiger partial charge in [0, 0.05) is 18.8 Å². The van der Waals surface area contributed by atoms with E-state index in [0.717, 1.165) is 19.5 Å². The number of aliphatic hydroxyl groups excluding tert-OH is 1. The average Bonchev–Trinajstić information content (AvgIpc) is 2.95. The first kappa shape index (κ1) is 15.6. The highest BCUT2D eigenvalue weighted by Gasteiger charge is 2.29. The quantitative estimate of drug-likeness (QED) is 0.703. The van der Waals surface area contributed by atoms with Crippen LogP contribution < -0.4 is 15.8 Å². The molecule has 1 aromatic rings. The van der Waals surface area contributed by atoms with Gasteiger partial charge in [0.1, 0.15) is 5.75 Å². The Kier molecular flexibility index (Phi) is 5.03. The minimum atomic E-state index is -0.257. The predicted molar refractivity (Wildman–Crippen MR) is 82.3 cm³/mol. The van der Waals surface area contributed by atoms with Crippen LogP contribution in [0.3, 0.4) is 0 Å². The molecule has 1 heterocycles. The number of carbonyl (C=O) groups excluding carboxylic acids is 1. The number of hydrogen-bond acceptors (Lipinski definition) is 5. The van der Waals surface area contributed by atoms with Gasteiger partial charge in [-0.25, -0.2) is 0 Å². The van der Waals surface area contributed by atoms with Gasteiger partial charge in [-0.2, -0.15) is 0 Å². The second kappa shape index (κ2) is 6.78. The van der Waals surface area contributed by atoms with E-state index in [4.69, 9.17) is 10.5 Å². The predicted octanol–water partition coefficient (Wildman–Crippen LogP) is 0.919. The van der Waals surface area contributed by atoms with Crippen LogP contribution in [0.1, 0.15) is 13.3 Å². The number of likely N-dealkylation sites (tertiary alicyclic amines) is 1. The summed E-state index contributed by atoms with van der Waals surface area (Å²) in [5.41, 5.74) is 6.89. The first-order chi connectivity index (χ1) is 10.0. The standard InChI is InChI=1S/C15H23N3O3/c1-10(18-6-5-11(8-18)9-19)15(20)17-13-7-12(16)3-4-14(13)21-2/h3-4,7,10-11,19H,5-6,8-9,16H2,1-2H3,(H,17,20). The molecule has 2 rings (SSSR count). The summed E-state index contributed by atoms with van der Waals surface area (Å²) in [7, 11) is 1.55. The van der Waals surface area contributed by atoms with E-state index in [1.165, 1.54) is 0 Å². The van der Waals surface area contributed by atoms with E-state index in [1.54, 1.807) is 25.3 Å². The number of rotatable bonds is 5. The Morgan fingerprint density at radius 2 is 2.38 bits per heavy atom. The van der Waals surface area contributed by atoms with Gasteiger partial charge in [-0.15, -0.1) is 0 Å². The molecule has 2 unspecified atom stereocenters. The summed E-state index contributed by atoms with van der Waals surface area (Å²) < 4.78 is 5.22. The van der Waals surface area contributed by atoms with Gasteiger partial charge in [0.2, 0.25) is 5.91 Å². The van der Waals surface area contributed by atoms with E-state index in [2.05, 4.69) is 10.2 Å². The zero-order chi connectivity index (χ0) is 15.4. The van der Waals surface area contributed by atoms with Crippen molar-refractivity contribution < 1.29 is 14.6 Å². The Labute approximate surface area is 124 Å². The van der Waals surface area contributed by atoms with E-state index in [1.807, 2.05) is 6.92 Å². The highest BCUT2D eigenvalue weighted by atomic mass is 16.5. The average molecular weight is 293 g/mol. The van der Waals surface area contributed by atoms with E-state index < -0.39 is 0 Å². The molecule has 0 bridgehead atoms. The third kappa shape index (κ3) is 3.65. The fourth-order valence-electron chi connectivity index (χ4n) is 2.59. The highest BCUT2D eigenvalue weighted by Crippen LogP contribution is 2.27. The van der Waals surface area contributed by atoms with E-state index in [9.17, 15) is 9.90 Å². The van der Waals surface area contributed by atoms with Gasteiger partial charge >= 0.3 is 0 Å².